The topological polar surface area (TPSA) is 37.4 Å². The van der Waals surface area contributed by atoms with Gasteiger partial charge in [0, 0.05) is 44.5 Å². The fraction of sp³-hybridized carbons (Fsp3) is 0.238. The van der Waals surface area contributed by atoms with E-state index in [2.05, 4.69) is 15.9 Å². The number of amides is 1. The summed E-state index contributed by atoms with van der Waals surface area (Å²) in [6.45, 7) is 0. The van der Waals surface area contributed by atoms with Crippen molar-refractivity contribution < 1.29 is 9.59 Å². The van der Waals surface area contributed by atoms with Crippen molar-refractivity contribution in [3.8, 4) is 0 Å². The van der Waals surface area contributed by atoms with Crippen molar-refractivity contribution >= 4 is 56.5 Å². The van der Waals surface area contributed by atoms with Gasteiger partial charge in [-0.2, -0.15) is 0 Å². The Morgan fingerprint density at radius 3 is 2.56 bits per heavy atom. The van der Waals surface area contributed by atoms with E-state index in [9.17, 15) is 9.59 Å². The molecular formula is C21H16BrCl2NO2. The Hall–Kier alpha value is -1.62. The molecule has 0 N–H and O–H groups in total. The Balaban J connectivity index is 1.90. The van der Waals surface area contributed by atoms with Crippen LogP contribution in [-0.4, -0.2) is 11.7 Å². The molecule has 4 rings (SSSR count). The summed E-state index contributed by atoms with van der Waals surface area (Å²) in [5.74, 6) is -0.271. The molecule has 27 heavy (non-hydrogen) atoms. The molecule has 1 heterocycles. The van der Waals surface area contributed by atoms with Crippen molar-refractivity contribution in [2.45, 2.75) is 31.6 Å². The van der Waals surface area contributed by atoms with Crippen LogP contribution >= 0.6 is 39.1 Å². The predicted octanol–water partition coefficient (Wildman–Crippen LogP) is 6.28. The number of hydrogen-bond acceptors (Lipinski definition) is 2. The molecule has 0 bridgehead atoms. The largest absolute Gasteiger partial charge is 0.294 e. The molecule has 1 aliphatic heterocycles. The standard InChI is InChI=1S/C21H16BrCl2NO2/c22-15-4-1-2-5-17(15)25-18-6-3-7-19(26)21(18)14(11-20(25)27)13-9-8-12(23)10-16(13)24/h1-2,4-5,8-10,14H,3,6-7,11H2. The van der Waals surface area contributed by atoms with Gasteiger partial charge in [0.05, 0.1) is 5.69 Å². The fourth-order valence-corrected chi connectivity index (χ4v) is 4.96. The SMILES string of the molecule is O=C1CCCC2=C1C(c1ccc(Cl)cc1Cl)CC(=O)N2c1ccccc1Br. The molecule has 138 valence electrons. The average Bonchev–Trinajstić information content (AvgIpc) is 2.62. The third-order valence-electron chi connectivity index (χ3n) is 5.11. The number of carbonyl (C=O) groups is 2. The molecule has 1 atom stereocenters. The van der Waals surface area contributed by atoms with Gasteiger partial charge in [0.2, 0.25) is 5.91 Å². The second-order valence-corrected chi connectivity index (χ2v) is 8.44. The van der Waals surface area contributed by atoms with Gasteiger partial charge in [0.15, 0.2) is 5.78 Å². The van der Waals surface area contributed by atoms with E-state index in [-0.39, 0.29) is 24.0 Å². The highest BCUT2D eigenvalue weighted by Crippen LogP contribution is 2.46. The maximum absolute atomic E-state index is 13.2. The summed E-state index contributed by atoms with van der Waals surface area (Å²) in [6, 6.07) is 12.8. The Bertz CT molecular complexity index is 986. The van der Waals surface area contributed by atoms with Crippen LogP contribution in [0.4, 0.5) is 5.69 Å². The second kappa shape index (κ2) is 7.42. The fourth-order valence-electron chi connectivity index (χ4n) is 3.96. The summed E-state index contributed by atoms with van der Waals surface area (Å²) < 4.78 is 0.825. The van der Waals surface area contributed by atoms with Crippen LogP contribution in [0.3, 0.4) is 0 Å². The highest BCUT2D eigenvalue weighted by molar-refractivity contribution is 9.10. The monoisotopic (exact) mass is 463 g/mol. The van der Waals surface area contributed by atoms with E-state index in [1.54, 1.807) is 17.0 Å². The number of carbonyl (C=O) groups excluding carboxylic acids is 2. The van der Waals surface area contributed by atoms with Crippen molar-refractivity contribution in [1.82, 2.24) is 0 Å². The van der Waals surface area contributed by atoms with Crippen LogP contribution in [0.2, 0.25) is 10.0 Å². The van der Waals surface area contributed by atoms with Crippen molar-refractivity contribution in [2.75, 3.05) is 4.90 Å². The van der Waals surface area contributed by atoms with Crippen LogP contribution in [0.5, 0.6) is 0 Å². The van der Waals surface area contributed by atoms with Gasteiger partial charge < -0.3 is 0 Å². The maximum Gasteiger partial charge on any atom is 0.232 e. The second-order valence-electron chi connectivity index (χ2n) is 6.74. The lowest BCUT2D eigenvalue weighted by Gasteiger charge is -2.38. The molecule has 2 aliphatic rings. The first-order valence-corrected chi connectivity index (χ1v) is 10.3. The molecule has 0 aromatic heterocycles. The van der Waals surface area contributed by atoms with Gasteiger partial charge >= 0.3 is 0 Å². The van der Waals surface area contributed by atoms with Crippen molar-refractivity contribution in [3.63, 3.8) is 0 Å². The minimum absolute atomic E-state index is 0.0358. The number of ketones is 1. The summed E-state index contributed by atoms with van der Waals surface area (Å²) in [5, 5.41) is 1.02. The van der Waals surface area contributed by atoms with Crippen molar-refractivity contribution in [1.29, 1.82) is 0 Å². The molecule has 2 aromatic rings. The first kappa shape index (κ1) is 18.7. The zero-order valence-electron chi connectivity index (χ0n) is 14.3. The third kappa shape index (κ3) is 3.35. The van der Waals surface area contributed by atoms with E-state index in [4.69, 9.17) is 23.2 Å². The van der Waals surface area contributed by atoms with E-state index < -0.39 is 0 Å². The van der Waals surface area contributed by atoms with E-state index in [0.717, 1.165) is 27.8 Å². The van der Waals surface area contributed by atoms with Crippen molar-refractivity contribution in [3.05, 3.63) is 73.8 Å². The number of hydrogen-bond donors (Lipinski definition) is 0. The smallest absolute Gasteiger partial charge is 0.232 e. The molecule has 0 saturated heterocycles. The predicted molar refractivity (Wildman–Crippen MR) is 111 cm³/mol. The average molecular weight is 465 g/mol. The molecular weight excluding hydrogens is 449 g/mol. The van der Waals surface area contributed by atoms with Crippen LogP contribution in [-0.2, 0) is 9.59 Å². The molecule has 0 saturated carbocycles. The first-order valence-electron chi connectivity index (χ1n) is 8.76. The Morgan fingerprint density at radius 2 is 1.81 bits per heavy atom. The summed E-state index contributed by atoms with van der Waals surface area (Å²) >= 11 is 16.0. The molecule has 0 radical (unpaired) electrons. The molecule has 1 amide bonds. The maximum atomic E-state index is 13.2. The summed E-state index contributed by atoms with van der Waals surface area (Å²) in [5.41, 5.74) is 3.06. The van der Waals surface area contributed by atoms with Gasteiger partial charge in [-0.3, -0.25) is 14.5 Å². The Morgan fingerprint density at radius 1 is 1.04 bits per heavy atom. The van der Waals surface area contributed by atoms with Gasteiger partial charge in [-0.05, 0) is 58.6 Å². The number of nitrogens with zero attached hydrogens (tertiary/aromatic N) is 1. The van der Waals surface area contributed by atoms with E-state index in [1.807, 2.05) is 30.3 Å². The summed E-state index contributed by atoms with van der Waals surface area (Å²) in [6.07, 6.45) is 2.13. The lowest BCUT2D eigenvalue weighted by atomic mass is 9.77. The number of halogens is 3. The lowest BCUT2D eigenvalue weighted by molar-refractivity contribution is -0.119. The number of Topliss-reactive ketones (excluding diaryl/α,β-unsaturated/α-hetero) is 1. The summed E-state index contributed by atoms with van der Waals surface area (Å²) in [7, 11) is 0. The third-order valence-corrected chi connectivity index (χ3v) is 6.34. The molecule has 0 spiro atoms. The summed E-state index contributed by atoms with van der Waals surface area (Å²) in [4.78, 5) is 27.7. The minimum atomic E-state index is -0.330. The van der Waals surface area contributed by atoms with Crippen LogP contribution in [0.15, 0.2) is 58.2 Å². The van der Waals surface area contributed by atoms with Gasteiger partial charge in [0.25, 0.3) is 0 Å². The number of anilines is 1. The number of allylic oxidation sites excluding steroid dienone is 2. The zero-order chi connectivity index (χ0) is 19.1. The quantitative estimate of drug-likeness (QED) is 0.524. The zero-order valence-corrected chi connectivity index (χ0v) is 17.4. The van der Waals surface area contributed by atoms with E-state index in [1.165, 1.54) is 0 Å². The number of para-hydroxylation sites is 1. The molecule has 1 aliphatic carbocycles. The molecule has 0 fully saturated rings. The van der Waals surface area contributed by atoms with Crippen LogP contribution in [0, 0.1) is 0 Å². The molecule has 3 nitrogen and oxygen atoms in total. The molecule has 6 heteroatoms. The van der Waals surface area contributed by atoms with Crippen molar-refractivity contribution in [2.24, 2.45) is 0 Å². The Labute approximate surface area is 176 Å². The van der Waals surface area contributed by atoms with Crippen LogP contribution < -0.4 is 4.90 Å². The van der Waals surface area contributed by atoms with Gasteiger partial charge in [-0.25, -0.2) is 0 Å². The van der Waals surface area contributed by atoms with Gasteiger partial charge in [-0.15, -0.1) is 0 Å². The van der Waals surface area contributed by atoms with E-state index in [0.29, 0.717) is 28.5 Å². The first-order chi connectivity index (χ1) is 13.0. The molecule has 1 unspecified atom stereocenters. The Kier molecular flexibility index (Phi) is 5.15. The van der Waals surface area contributed by atoms with Crippen LogP contribution in [0.25, 0.3) is 0 Å². The van der Waals surface area contributed by atoms with Gasteiger partial charge in [0.1, 0.15) is 0 Å². The van der Waals surface area contributed by atoms with Crippen LogP contribution in [0.1, 0.15) is 37.2 Å². The number of rotatable bonds is 2. The molecule has 2 aromatic carbocycles. The highest BCUT2D eigenvalue weighted by Gasteiger charge is 2.40. The lowest BCUT2D eigenvalue weighted by Crippen LogP contribution is -2.40. The van der Waals surface area contributed by atoms with E-state index >= 15 is 0 Å². The number of benzene rings is 2. The van der Waals surface area contributed by atoms with Gasteiger partial charge in [-0.1, -0.05) is 41.4 Å². The minimum Gasteiger partial charge on any atom is -0.294 e. The normalized spacial score (nSPS) is 20.1. The highest BCUT2D eigenvalue weighted by atomic mass is 79.9.